The second-order valence-corrected chi connectivity index (χ2v) is 5.97. The topological polar surface area (TPSA) is 45.6 Å². The molecule has 4 nitrogen and oxygen atoms in total. The van der Waals surface area contributed by atoms with Crippen LogP contribution in [0.4, 0.5) is 5.69 Å². The standard InChI is InChI=1S/C16H23N3OS/c1-11-5-4-6-12(2)15(11)18-19-16(21)17-13-7-9-14(20-3)10-8-13/h7-12H,4-6H2,1-3H3,(H2,17,19,21)/t11-,12-/m1/s1. The van der Waals surface area contributed by atoms with Gasteiger partial charge in [0.2, 0.25) is 0 Å². The van der Waals surface area contributed by atoms with Crippen LogP contribution in [0, 0.1) is 11.8 Å². The van der Waals surface area contributed by atoms with Crippen LogP contribution >= 0.6 is 12.2 Å². The van der Waals surface area contributed by atoms with E-state index in [4.69, 9.17) is 17.0 Å². The molecule has 2 atom stereocenters. The Bertz CT molecular complexity index is 501. The van der Waals surface area contributed by atoms with Crippen molar-refractivity contribution in [2.75, 3.05) is 12.4 Å². The Morgan fingerprint density at radius 2 is 1.81 bits per heavy atom. The highest BCUT2D eigenvalue weighted by Crippen LogP contribution is 2.25. The van der Waals surface area contributed by atoms with E-state index in [-0.39, 0.29) is 0 Å². The molecule has 1 aliphatic rings. The van der Waals surface area contributed by atoms with Crippen LogP contribution in [0.15, 0.2) is 29.4 Å². The average molecular weight is 305 g/mol. The van der Waals surface area contributed by atoms with Crippen molar-refractivity contribution in [2.24, 2.45) is 16.9 Å². The lowest BCUT2D eigenvalue weighted by molar-refractivity contribution is 0.415. The van der Waals surface area contributed by atoms with Crippen molar-refractivity contribution in [3.8, 4) is 5.75 Å². The van der Waals surface area contributed by atoms with Gasteiger partial charge in [0, 0.05) is 11.4 Å². The van der Waals surface area contributed by atoms with Gasteiger partial charge in [-0.05, 0) is 61.2 Å². The molecule has 1 aromatic carbocycles. The number of thiocarbonyl (C=S) groups is 1. The summed E-state index contributed by atoms with van der Waals surface area (Å²) in [6.07, 6.45) is 3.71. The number of hydrazone groups is 1. The van der Waals surface area contributed by atoms with Gasteiger partial charge < -0.3 is 10.1 Å². The molecule has 0 radical (unpaired) electrons. The Labute approximate surface area is 132 Å². The van der Waals surface area contributed by atoms with Gasteiger partial charge in [-0.3, -0.25) is 5.43 Å². The second-order valence-electron chi connectivity index (χ2n) is 5.56. The van der Waals surface area contributed by atoms with E-state index in [1.165, 1.54) is 25.0 Å². The number of nitrogens with zero attached hydrogens (tertiary/aromatic N) is 1. The molecule has 1 fully saturated rings. The van der Waals surface area contributed by atoms with Gasteiger partial charge in [-0.25, -0.2) is 0 Å². The van der Waals surface area contributed by atoms with Crippen molar-refractivity contribution in [1.29, 1.82) is 0 Å². The van der Waals surface area contributed by atoms with Crippen molar-refractivity contribution >= 4 is 28.7 Å². The van der Waals surface area contributed by atoms with E-state index in [0.717, 1.165) is 11.4 Å². The highest BCUT2D eigenvalue weighted by atomic mass is 32.1. The van der Waals surface area contributed by atoms with Gasteiger partial charge in [0.05, 0.1) is 7.11 Å². The second kappa shape index (κ2) is 7.41. The minimum absolute atomic E-state index is 0.512. The van der Waals surface area contributed by atoms with E-state index in [2.05, 4.69) is 29.7 Å². The van der Waals surface area contributed by atoms with Gasteiger partial charge >= 0.3 is 0 Å². The summed E-state index contributed by atoms with van der Waals surface area (Å²) in [5.74, 6) is 1.89. The summed E-state index contributed by atoms with van der Waals surface area (Å²) in [4.78, 5) is 0. The SMILES string of the molecule is COc1ccc(NC(=S)NN=C2[C@H](C)CCC[C@H]2C)cc1. The molecule has 0 heterocycles. The fourth-order valence-electron chi connectivity index (χ4n) is 2.68. The van der Waals surface area contributed by atoms with Gasteiger partial charge in [0.25, 0.3) is 0 Å². The number of ether oxygens (including phenoxy) is 1. The van der Waals surface area contributed by atoms with Crippen LogP contribution < -0.4 is 15.5 Å². The van der Waals surface area contributed by atoms with Gasteiger partial charge in [-0.1, -0.05) is 20.3 Å². The van der Waals surface area contributed by atoms with Crippen LogP contribution in [0.2, 0.25) is 0 Å². The van der Waals surface area contributed by atoms with Crippen molar-refractivity contribution in [2.45, 2.75) is 33.1 Å². The molecule has 0 bridgehead atoms. The molecule has 0 saturated heterocycles. The first-order valence-corrected chi connectivity index (χ1v) is 7.79. The first-order valence-electron chi connectivity index (χ1n) is 7.38. The summed E-state index contributed by atoms with van der Waals surface area (Å²) in [5.41, 5.74) is 5.10. The molecule has 0 aliphatic heterocycles. The van der Waals surface area contributed by atoms with E-state index in [0.29, 0.717) is 16.9 Å². The van der Waals surface area contributed by atoms with Crippen LogP contribution in [-0.2, 0) is 0 Å². The van der Waals surface area contributed by atoms with Crippen LogP contribution in [0.3, 0.4) is 0 Å². The third-order valence-corrected chi connectivity index (χ3v) is 4.11. The summed E-state index contributed by atoms with van der Waals surface area (Å²) in [6, 6.07) is 7.63. The molecule has 1 saturated carbocycles. The lowest BCUT2D eigenvalue weighted by Crippen LogP contribution is -2.31. The molecular formula is C16H23N3OS. The number of benzene rings is 1. The molecule has 21 heavy (non-hydrogen) atoms. The maximum atomic E-state index is 5.28. The van der Waals surface area contributed by atoms with Gasteiger partial charge in [-0.15, -0.1) is 0 Å². The molecule has 0 aromatic heterocycles. The molecule has 0 unspecified atom stereocenters. The first kappa shape index (κ1) is 15.8. The van der Waals surface area contributed by atoms with Crippen LogP contribution in [0.5, 0.6) is 5.75 Å². The predicted molar refractivity (Wildman–Crippen MR) is 92.0 cm³/mol. The van der Waals surface area contributed by atoms with Crippen LogP contribution in [0.1, 0.15) is 33.1 Å². The number of rotatable bonds is 3. The van der Waals surface area contributed by atoms with Gasteiger partial charge in [0.15, 0.2) is 5.11 Å². The normalized spacial score (nSPS) is 21.6. The highest BCUT2D eigenvalue weighted by molar-refractivity contribution is 7.80. The third-order valence-electron chi connectivity index (χ3n) is 3.92. The Kier molecular flexibility index (Phi) is 5.56. The number of methoxy groups -OCH3 is 1. The molecule has 1 aromatic rings. The molecule has 1 aliphatic carbocycles. The van der Waals surface area contributed by atoms with Crippen molar-refractivity contribution in [3.05, 3.63) is 24.3 Å². The monoisotopic (exact) mass is 305 g/mol. The molecule has 2 rings (SSSR count). The zero-order chi connectivity index (χ0) is 15.2. The summed E-state index contributed by atoms with van der Waals surface area (Å²) in [6.45, 7) is 4.46. The Morgan fingerprint density at radius 3 is 2.38 bits per heavy atom. The molecule has 5 heteroatoms. The summed E-state index contributed by atoms with van der Waals surface area (Å²) >= 11 is 5.28. The Hall–Kier alpha value is -1.62. The fraction of sp³-hybridized carbons (Fsp3) is 0.500. The maximum absolute atomic E-state index is 5.28. The lowest BCUT2D eigenvalue weighted by Gasteiger charge is -2.26. The van der Waals surface area contributed by atoms with Crippen molar-refractivity contribution < 1.29 is 4.74 Å². The Morgan fingerprint density at radius 1 is 1.19 bits per heavy atom. The quantitative estimate of drug-likeness (QED) is 0.659. The molecule has 114 valence electrons. The molecule has 2 N–H and O–H groups in total. The van der Waals surface area contributed by atoms with Crippen molar-refractivity contribution in [3.63, 3.8) is 0 Å². The fourth-order valence-corrected chi connectivity index (χ4v) is 2.84. The van der Waals surface area contributed by atoms with E-state index in [1.54, 1.807) is 7.11 Å². The number of anilines is 1. The zero-order valence-corrected chi connectivity index (χ0v) is 13.7. The van der Waals surface area contributed by atoms with Gasteiger partial charge in [0.1, 0.15) is 5.75 Å². The summed E-state index contributed by atoms with van der Waals surface area (Å²) < 4.78 is 5.13. The average Bonchev–Trinajstić information content (AvgIpc) is 2.47. The van der Waals surface area contributed by atoms with Gasteiger partial charge in [-0.2, -0.15) is 5.10 Å². The predicted octanol–water partition coefficient (Wildman–Crippen LogP) is 3.79. The minimum Gasteiger partial charge on any atom is -0.497 e. The largest absolute Gasteiger partial charge is 0.497 e. The highest BCUT2D eigenvalue weighted by Gasteiger charge is 2.22. The van der Waals surface area contributed by atoms with Crippen LogP contribution in [-0.4, -0.2) is 17.9 Å². The Balaban J connectivity index is 1.91. The molecular weight excluding hydrogens is 282 g/mol. The smallest absolute Gasteiger partial charge is 0.191 e. The van der Waals surface area contributed by atoms with E-state index < -0.39 is 0 Å². The number of nitrogens with one attached hydrogen (secondary N) is 2. The van der Waals surface area contributed by atoms with Crippen molar-refractivity contribution in [1.82, 2.24) is 5.43 Å². The van der Waals surface area contributed by atoms with Crippen LogP contribution in [0.25, 0.3) is 0 Å². The maximum Gasteiger partial charge on any atom is 0.191 e. The van der Waals surface area contributed by atoms with E-state index >= 15 is 0 Å². The van der Waals surface area contributed by atoms with E-state index in [9.17, 15) is 0 Å². The lowest BCUT2D eigenvalue weighted by atomic mass is 9.81. The number of hydrogen-bond donors (Lipinski definition) is 2. The summed E-state index contributed by atoms with van der Waals surface area (Å²) in [7, 11) is 1.65. The number of hydrogen-bond acceptors (Lipinski definition) is 3. The first-order chi connectivity index (χ1) is 10.1. The minimum atomic E-state index is 0.512. The van der Waals surface area contributed by atoms with E-state index in [1.807, 2.05) is 24.3 Å². The third kappa shape index (κ3) is 4.43. The zero-order valence-electron chi connectivity index (χ0n) is 12.8. The molecule has 0 spiro atoms. The molecule has 0 amide bonds. The summed E-state index contributed by atoms with van der Waals surface area (Å²) in [5, 5.41) is 8.15.